The van der Waals surface area contributed by atoms with Crippen molar-refractivity contribution in [1.82, 2.24) is 14.5 Å². The van der Waals surface area contributed by atoms with E-state index in [0.717, 1.165) is 24.8 Å². The van der Waals surface area contributed by atoms with Gasteiger partial charge in [0.2, 0.25) is 0 Å². The van der Waals surface area contributed by atoms with Gasteiger partial charge >= 0.3 is 6.09 Å². The van der Waals surface area contributed by atoms with E-state index >= 15 is 0 Å². The van der Waals surface area contributed by atoms with E-state index in [2.05, 4.69) is 4.98 Å². The highest BCUT2D eigenvalue weighted by atomic mass is 16.6. The monoisotopic (exact) mass is 355 g/mol. The molecule has 6 nitrogen and oxygen atoms in total. The molecule has 0 radical (unpaired) electrons. The van der Waals surface area contributed by atoms with E-state index in [-0.39, 0.29) is 24.8 Å². The van der Waals surface area contributed by atoms with Gasteiger partial charge in [0.15, 0.2) is 0 Å². The number of aryl methyl sites for hydroxylation is 1. The number of fused-ring (bicyclic) bond motifs is 2. The van der Waals surface area contributed by atoms with Crippen molar-refractivity contribution in [2.24, 2.45) is 7.05 Å². The molecule has 2 aromatic rings. The lowest BCUT2D eigenvalue weighted by Gasteiger charge is -2.50. The van der Waals surface area contributed by atoms with Crippen molar-refractivity contribution < 1.29 is 14.6 Å². The van der Waals surface area contributed by atoms with Gasteiger partial charge in [-0.05, 0) is 24.8 Å². The summed E-state index contributed by atoms with van der Waals surface area (Å²) in [7, 11) is 1.90. The van der Waals surface area contributed by atoms with Crippen molar-refractivity contribution in [2.45, 2.75) is 56.4 Å². The van der Waals surface area contributed by atoms with Gasteiger partial charge in [-0.3, -0.25) is 0 Å². The normalized spacial score (nSPS) is 28.0. The lowest BCUT2D eigenvalue weighted by molar-refractivity contribution is -0.0953. The lowest BCUT2D eigenvalue weighted by atomic mass is 9.75. The number of rotatable bonds is 3. The number of hydrogen-bond donors (Lipinski definition) is 1. The topological polar surface area (TPSA) is 67.6 Å². The van der Waals surface area contributed by atoms with E-state index in [0.29, 0.717) is 18.7 Å². The molecule has 2 fully saturated rings. The Morgan fingerprint density at radius 3 is 2.58 bits per heavy atom. The van der Waals surface area contributed by atoms with Gasteiger partial charge in [0.25, 0.3) is 0 Å². The summed E-state index contributed by atoms with van der Waals surface area (Å²) in [4.78, 5) is 19.0. The molecule has 2 saturated heterocycles. The zero-order valence-corrected chi connectivity index (χ0v) is 15.0. The van der Waals surface area contributed by atoms with Crippen LogP contribution in [0.2, 0.25) is 0 Å². The third-order valence-electron chi connectivity index (χ3n) is 5.66. The summed E-state index contributed by atoms with van der Waals surface area (Å²) in [5.41, 5.74) is -0.00273. The molecular weight excluding hydrogens is 330 g/mol. The van der Waals surface area contributed by atoms with Crippen LogP contribution in [0.4, 0.5) is 4.79 Å². The van der Waals surface area contributed by atoms with Crippen LogP contribution in [0.1, 0.15) is 43.5 Å². The Morgan fingerprint density at radius 1 is 1.27 bits per heavy atom. The summed E-state index contributed by atoms with van der Waals surface area (Å²) in [6, 6.07) is 9.70. The molecule has 4 rings (SSSR count). The minimum atomic E-state index is -0.982. The standard InChI is InChI=1S/C20H25N3O3/c1-22-11-10-21-18(22)20(25)12-16-8-5-9-17(13-20)23(16)19(24)26-14-15-6-3-2-4-7-15/h2-4,6-7,10-11,16-17,25H,5,8-9,12-14H2,1H3. The fourth-order valence-corrected chi connectivity index (χ4v) is 4.52. The molecule has 138 valence electrons. The molecule has 2 unspecified atom stereocenters. The molecule has 1 aromatic carbocycles. The second-order valence-electron chi connectivity index (χ2n) is 7.49. The highest BCUT2D eigenvalue weighted by Crippen LogP contribution is 2.44. The van der Waals surface area contributed by atoms with Gasteiger partial charge in [-0.25, -0.2) is 9.78 Å². The van der Waals surface area contributed by atoms with Gasteiger partial charge in [0.05, 0.1) is 0 Å². The average molecular weight is 355 g/mol. The molecule has 2 aliphatic rings. The first-order valence-corrected chi connectivity index (χ1v) is 9.26. The smallest absolute Gasteiger partial charge is 0.410 e. The Balaban J connectivity index is 1.49. The van der Waals surface area contributed by atoms with E-state index in [1.165, 1.54) is 0 Å². The van der Waals surface area contributed by atoms with Crippen molar-refractivity contribution in [3.63, 3.8) is 0 Å². The Kier molecular flexibility index (Phi) is 4.44. The second kappa shape index (κ2) is 6.76. The predicted molar refractivity (Wildman–Crippen MR) is 96.2 cm³/mol. The van der Waals surface area contributed by atoms with Crippen molar-refractivity contribution in [3.8, 4) is 0 Å². The summed E-state index contributed by atoms with van der Waals surface area (Å²) in [6.45, 7) is 0.277. The van der Waals surface area contributed by atoms with E-state index in [1.54, 1.807) is 6.20 Å². The number of aliphatic hydroxyl groups is 1. The van der Waals surface area contributed by atoms with Crippen LogP contribution < -0.4 is 0 Å². The highest BCUT2D eigenvalue weighted by Gasteiger charge is 2.50. The van der Waals surface area contributed by atoms with Crippen molar-refractivity contribution in [2.75, 3.05) is 0 Å². The molecule has 1 aromatic heterocycles. The van der Waals surface area contributed by atoms with Crippen LogP contribution in [0.5, 0.6) is 0 Å². The quantitative estimate of drug-likeness (QED) is 0.919. The average Bonchev–Trinajstić information content (AvgIpc) is 3.07. The lowest BCUT2D eigenvalue weighted by Crippen LogP contribution is -2.59. The largest absolute Gasteiger partial charge is 0.445 e. The molecule has 0 aliphatic carbocycles. The molecule has 1 N–H and O–H groups in total. The number of hydrogen-bond acceptors (Lipinski definition) is 4. The fourth-order valence-electron chi connectivity index (χ4n) is 4.52. The molecule has 2 bridgehead atoms. The summed E-state index contributed by atoms with van der Waals surface area (Å²) in [6.07, 6.45) is 7.17. The molecule has 2 atom stereocenters. The molecular formula is C20H25N3O3. The van der Waals surface area contributed by atoms with Crippen LogP contribution in [-0.2, 0) is 24.0 Å². The first-order chi connectivity index (χ1) is 12.6. The van der Waals surface area contributed by atoms with Crippen LogP contribution in [0.3, 0.4) is 0 Å². The van der Waals surface area contributed by atoms with Crippen LogP contribution in [0.15, 0.2) is 42.7 Å². The van der Waals surface area contributed by atoms with Crippen molar-refractivity contribution in [3.05, 3.63) is 54.1 Å². The minimum absolute atomic E-state index is 0.00697. The van der Waals surface area contributed by atoms with Crippen LogP contribution >= 0.6 is 0 Å². The summed E-state index contributed by atoms with van der Waals surface area (Å²) in [5, 5.41) is 11.3. The number of nitrogens with zero attached hydrogens (tertiary/aromatic N) is 3. The van der Waals surface area contributed by atoms with E-state index in [9.17, 15) is 9.90 Å². The maximum absolute atomic E-state index is 12.8. The fraction of sp³-hybridized carbons (Fsp3) is 0.500. The second-order valence-corrected chi connectivity index (χ2v) is 7.49. The van der Waals surface area contributed by atoms with Crippen LogP contribution in [0, 0.1) is 0 Å². The number of ether oxygens (including phenoxy) is 1. The summed E-state index contributed by atoms with van der Waals surface area (Å²) in [5.74, 6) is 0.687. The van der Waals surface area contributed by atoms with Crippen molar-refractivity contribution in [1.29, 1.82) is 0 Å². The Bertz CT molecular complexity index is 760. The van der Waals surface area contributed by atoms with Gasteiger partial charge in [0, 0.05) is 44.4 Å². The third-order valence-corrected chi connectivity index (χ3v) is 5.66. The molecule has 2 aliphatic heterocycles. The maximum Gasteiger partial charge on any atom is 0.410 e. The number of aromatic nitrogens is 2. The van der Waals surface area contributed by atoms with E-state index in [4.69, 9.17) is 4.74 Å². The molecule has 3 heterocycles. The SMILES string of the molecule is Cn1ccnc1C1(O)CC2CCCC(C1)N2C(=O)OCc1ccccc1. The van der Waals surface area contributed by atoms with Gasteiger partial charge in [-0.2, -0.15) is 0 Å². The van der Waals surface area contributed by atoms with E-state index < -0.39 is 5.60 Å². The van der Waals surface area contributed by atoms with E-state index in [1.807, 2.05) is 53.0 Å². The summed E-state index contributed by atoms with van der Waals surface area (Å²) >= 11 is 0. The molecule has 0 spiro atoms. The number of benzene rings is 1. The van der Waals surface area contributed by atoms with Crippen LogP contribution in [0.25, 0.3) is 0 Å². The molecule has 0 saturated carbocycles. The Hall–Kier alpha value is -2.34. The molecule has 26 heavy (non-hydrogen) atoms. The number of carbonyl (C=O) groups excluding carboxylic acids is 1. The number of imidazole rings is 1. The third kappa shape index (κ3) is 3.09. The zero-order valence-electron chi connectivity index (χ0n) is 15.0. The van der Waals surface area contributed by atoms with Crippen LogP contribution in [-0.4, -0.2) is 37.7 Å². The highest BCUT2D eigenvalue weighted by molar-refractivity contribution is 5.69. The minimum Gasteiger partial charge on any atom is -0.445 e. The Morgan fingerprint density at radius 2 is 1.96 bits per heavy atom. The number of carbonyl (C=O) groups is 1. The summed E-state index contributed by atoms with van der Waals surface area (Å²) < 4.78 is 7.45. The van der Waals surface area contributed by atoms with Crippen molar-refractivity contribution >= 4 is 6.09 Å². The predicted octanol–water partition coefficient (Wildman–Crippen LogP) is 2.96. The number of piperidine rings is 2. The van der Waals surface area contributed by atoms with Gasteiger partial charge in [-0.15, -0.1) is 0 Å². The van der Waals surface area contributed by atoms with Gasteiger partial charge < -0.3 is 19.3 Å². The van der Waals surface area contributed by atoms with Gasteiger partial charge in [0.1, 0.15) is 18.0 Å². The first-order valence-electron chi connectivity index (χ1n) is 9.26. The Labute approximate surface area is 153 Å². The maximum atomic E-state index is 12.8. The number of amides is 1. The zero-order chi connectivity index (χ0) is 18.1. The molecule has 1 amide bonds. The van der Waals surface area contributed by atoms with Gasteiger partial charge in [-0.1, -0.05) is 30.3 Å². The molecule has 6 heteroatoms. The first kappa shape index (κ1) is 17.1.